The van der Waals surface area contributed by atoms with E-state index < -0.39 is 6.36 Å². The van der Waals surface area contributed by atoms with Crippen LogP contribution < -0.4 is 19.9 Å². The molecule has 0 radical (unpaired) electrons. The molecule has 1 amide bonds. The molecule has 5 rings (SSSR count). The molecule has 2 aromatic carbocycles. The maximum Gasteiger partial charge on any atom is 0.573 e. The fourth-order valence-corrected chi connectivity index (χ4v) is 5.36. The smallest absolute Gasteiger partial charge is 0.406 e. The van der Waals surface area contributed by atoms with Crippen molar-refractivity contribution in [1.29, 1.82) is 0 Å². The van der Waals surface area contributed by atoms with Gasteiger partial charge in [-0.1, -0.05) is 6.07 Å². The summed E-state index contributed by atoms with van der Waals surface area (Å²) in [5.41, 5.74) is 4.65. The van der Waals surface area contributed by atoms with Crippen molar-refractivity contribution >= 4 is 22.9 Å². The fourth-order valence-electron chi connectivity index (χ4n) is 5.36. The number of nitrogens with zero attached hydrogens (tertiary/aromatic N) is 4. The van der Waals surface area contributed by atoms with E-state index >= 15 is 4.39 Å². The van der Waals surface area contributed by atoms with Crippen molar-refractivity contribution in [2.45, 2.75) is 52.7 Å². The lowest BCUT2D eigenvalue weighted by Crippen LogP contribution is -2.57. The average molecular weight is 570 g/mol. The van der Waals surface area contributed by atoms with Gasteiger partial charge < -0.3 is 19.9 Å². The van der Waals surface area contributed by atoms with Crippen LogP contribution in [0, 0.1) is 19.7 Å². The fraction of sp³-hybridized carbons (Fsp3) is 0.333. The first-order valence-corrected chi connectivity index (χ1v) is 13.3. The van der Waals surface area contributed by atoms with E-state index in [0.29, 0.717) is 41.4 Å². The molecule has 1 aliphatic rings. The van der Waals surface area contributed by atoms with E-state index in [9.17, 15) is 18.0 Å². The van der Waals surface area contributed by atoms with Crippen molar-refractivity contribution < 1.29 is 27.1 Å². The largest absolute Gasteiger partial charge is 0.573 e. The van der Waals surface area contributed by atoms with Crippen molar-refractivity contribution in [2.24, 2.45) is 0 Å². The number of piperazine rings is 1. The molecule has 3 heterocycles. The van der Waals surface area contributed by atoms with Gasteiger partial charge in [0, 0.05) is 43.6 Å². The minimum Gasteiger partial charge on any atom is -0.406 e. The van der Waals surface area contributed by atoms with Crippen LogP contribution in [0.3, 0.4) is 0 Å². The van der Waals surface area contributed by atoms with Gasteiger partial charge in [0.05, 0.1) is 11.4 Å². The Hall–Kier alpha value is -4.28. The van der Waals surface area contributed by atoms with Crippen LogP contribution in [-0.2, 0) is 6.54 Å². The first kappa shape index (κ1) is 28.3. The lowest BCUT2D eigenvalue weighted by Gasteiger charge is -2.46. The molecule has 11 heteroatoms. The number of ether oxygens (including phenoxy) is 1. The Morgan fingerprint density at radius 1 is 1.00 bits per heavy atom. The lowest BCUT2D eigenvalue weighted by molar-refractivity contribution is -0.274. The molecule has 41 heavy (non-hydrogen) atoms. The van der Waals surface area contributed by atoms with E-state index in [1.54, 1.807) is 35.6 Å². The van der Waals surface area contributed by atoms with Crippen molar-refractivity contribution in [1.82, 2.24) is 14.7 Å². The maximum absolute atomic E-state index is 15.4. The van der Waals surface area contributed by atoms with Crippen LogP contribution in [0.5, 0.6) is 5.75 Å². The molecule has 1 saturated heterocycles. The molecule has 0 spiro atoms. The molecule has 1 fully saturated rings. The monoisotopic (exact) mass is 569 g/mol. The second-order valence-corrected chi connectivity index (χ2v) is 10.5. The summed E-state index contributed by atoms with van der Waals surface area (Å²) < 4.78 is 58.6. The Morgan fingerprint density at radius 2 is 1.68 bits per heavy atom. The van der Waals surface area contributed by atoms with Crippen LogP contribution >= 0.6 is 0 Å². The molecule has 216 valence electrons. The van der Waals surface area contributed by atoms with Crippen LogP contribution in [0.15, 0.2) is 60.8 Å². The van der Waals surface area contributed by atoms with Gasteiger partial charge in [-0.15, -0.1) is 13.2 Å². The number of pyridine rings is 1. The molecular weight excluding hydrogens is 538 g/mol. The molecule has 2 aromatic heterocycles. The van der Waals surface area contributed by atoms with Crippen LogP contribution in [-0.4, -0.2) is 46.8 Å². The lowest BCUT2D eigenvalue weighted by atomic mass is 10.0. The van der Waals surface area contributed by atoms with E-state index in [-0.39, 0.29) is 36.1 Å². The number of nitrogens with one attached hydrogen (secondary N) is 1. The van der Waals surface area contributed by atoms with E-state index in [0.717, 1.165) is 11.3 Å². The number of imidazole rings is 1. The Balaban J connectivity index is 1.24. The zero-order valence-corrected chi connectivity index (χ0v) is 23.2. The first-order chi connectivity index (χ1) is 19.4. The molecule has 0 unspecified atom stereocenters. The number of amides is 1. The number of carbonyl (C=O) groups excluding carboxylic acids is 1. The summed E-state index contributed by atoms with van der Waals surface area (Å²) >= 11 is 0. The number of rotatable bonds is 6. The van der Waals surface area contributed by atoms with Gasteiger partial charge in [-0.25, -0.2) is 9.37 Å². The summed E-state index contributed by atoms with van der Waals surface area (Å²) in [6.45, 7) is 8.94. The summed E-state index contributed by atoms with van der Waals surface area (Å²) in [5, 5.41) is 2.87. The second kappa shape index (κ2) is 10.9. The minimum absolute atomic E-state index is 0.0311. The van der Waals surface area contributed by atoms with Gasteiger partial charge in [0.25, 0.3) is 5.91 Å². The second-order valence-electron chi connectivity index (χ2n) is 10.5. The number of aryl methyl sites for hydroxylation is 2. The van der Waals surface area contributed by atoms with Gasteiger partial charge >= 0.3 is 6.36 Å². The van der Waals surface area contributed by atoms with Crippen LogP contribution in [0.4, 0.5) is 28.9 Å². The Kier molecular flexibility index (Phi) is 7.54. The van der Waals surface area contributed by atoms with Crippen LogP contribution in [0.1, 0.15) is 41.2 Å². The number of carbonyl (C=O) groups is 1. The predicted molar refractivity (Wildman–Crippen MR) is 149 cm³/mol. The van der Waals surface area contributed by atoms with Gasteiger partial charge in [0.15, 0.2) is 0 Å². The molecule has 1 N–H and O–H groups in total. The summed E-state index contributed by atoms with van der Waals surface area (Å²) in [6, 6.07) is 14.4. The van der Waals surface area contributed by atoms with Crippen molar-refractivity contribution in [3.8, 4) is 5.75 Å². The average Bonchev–Trinajstić information content (AvgIpc) is 3.23. The highest BCUT2D eigenvalue weighted by atomic mass is 19.4. The number of fused-ring (bicyclic) bond motifs is 1. The molecule has 0 bridgehead atoms. The van der Waals surface area contributed by atoms with Crippen molar-refractivity contribution in [3.05, 3.63) is 89.1 Å². The van der Waals surface area contributed by atoms with Gasteiger partial charge in [-0.05, 0) is 87.4 Å². The third kappa shape index (κ3) is 6.08. The quantitative estimate of drug-likeness (QED) is 0.288. The zero-order valence-electron chi connectivity index (χ0n) is 23.2. The number of hydrogen-bond donors (Lipinski definition) is 1. The standard InChI is InChI=1S/C30H31F4N5O2/c1-18-11-12-37-27(13-18)36-21(4)28(37)29(40)35-15-22-5-10-26(25(31)14-22)39-17-19(2)38(16-20(39)3)23-6-8-24(9-7-23)41-30(32,33)34/h5-14,19-20H,15-17H2,1-4H3,(H,35,40)/t19-,20+/m0/s1. The molecule has 0 aliphatic carbocycles. The number of benzene rings is 2. The van der Waals surface area contributed by atoms with Gasteiger partial charge in [0.1, 0.15) is 22.9 Å². The molecular formula is C30H31F4N5O2. The van der Waals surface area contributed by atoms with E-state index in [1.165, 1.54) is 18.2 Å². The first-order valence-electron chi connectivity index (χ1n) is 13.3. The number of aromatic nitrogens is 2. The summed E-state index contributed by atoms with van der Waals surface area (Å²) in [7, 11) is 0. The predicted octanol–water partition coefficient (Wildman–Crippen LogP) is 6.02. The van der Waals surface area contributed by atoms with E-state index in [4.69, 9.17) is 0 Å². The molecule has 1 aliphatic heterocycles. The summed E-state index contributed by atoms with van der Waals surface area (Å²) in [6.07, 6.45) is -2.93. The highest BCUT2D eigenvalue weighted by Gasteiger charge is 2.33. The van der Waals surface area contributed by atoms with E-state index in [2.05, 4.69) is 19.9 Å². The molecule has 0 saturated carbocycles. The normalized spacial score (nSPS) is 17.7. The number of alkyl halides is 3. The SMILES string of the molecule is Cc1ccn2c(C(=O)NCc3ccc(N4C[C@H](C)N(c5ccc(OC(F)(F)F)cc5)C[C@H]4C)c(F)c3)c(C)nc2c1. The third-order valence-corrected chi connectivity index (χ3v) is 7.33. The molecule has 4 aromatic rings. The van der Waals surface area contributed by atoms with Crippen LogP contribution in [0.25, 0.3) is 5.65 Å². The van der Waals surface area contributed by atoms with Crippen LogP contribution in [0.2, 0.25) is 0 Å². The van der Waals surface area contributed by atoms with Gasteiger partial charge in [-0.2, -0.15) is 0 Å². The summed E-state index contributed by atoms with van der Waals surface area (Å²) in [4.78, 5) is 21.5. The summed E-state index contributed by atoms with van der Waals surface area (Å²) in [5.74, 6) is -0.957. The van der Waals surface area contributed by atoms with E-state index in [1.807, 2.05) is 44.0 Å². The Labute approximate surface area is 235 Å². The van der Waals surface area contributed by atoms with Crippen molar-refractivity contribution in [3.63, 3.8) is 0 Å². The number of hydrogen-bond acceptors (Lipinski definition) is 5. The Bertz CT molecular complexity index is 1570. The topological polar surface area (TPSA) is 62.1 Å². The van der Waals surface area contributed by atoms with Gasteiger partial charge in [-0.3, -0.25) is 9.20 Å². The van der Waals surface area contributed by atoms with Crippen molar-refractivity contribution in [2.75, 3.05) is 22.9 Å². The Morgan fingerprint density at radius 3 is 2.37 bits per heavy atom. The molecule has 7 nitrogen and oxygen atoms in total. The number of halogens is 4. The minimum atomic E-state index is -4.74. The third-order valence-electron chi connectivity index (χ3n) is 7.33. The highest BCUT2D eigenvalue weighted by Crippen LogP contribution is 2.31. The zero-order chi connectivity index (χ0) is 29.5. The number of anilines is 2. The van der Waals surface area contributed by atoms with Gasteiger partial charge in [0.2, 0.25) is 0 Å². The highest BCUT2D eigenvalue weighted by molar-refractivity contribution is 5.94. The maximum atomic E-state index is 15.4. The molecule has 2 atom stereocenters.